The van der Waals surface area contributed by atoms with Gasteiger partial charge in [0.05, 0.1) is 11.7 Å². The summed E-state index contributed by atoms with van der Waals surface area (Å²) in [4.78, 5) is 0. The molecule has 0 aliphatic carbocycles. The van der Waals surface area contributed by atoms with Gasteiger partial charge in [-0.25, -0.2) is 13.0 Å². The highest BCUT2D eigenvalue weighted by Gasteiger charge is 2.30. The van der Waals surface area contributed by atoms with Gasteiger partial charge < -0.3 is 20.2 Å². The van der Waals surface area contributed by atoms with E-state index in [0.29, 0.717) is 18.9 Å². The summed E-state index contributed by atoms with van der Waals surface area (Å²) in [5.74, 6) is 1.92. The van der Waals surface area contributed by atoms with E-state index in [0.717, 1.165) is 28.4 Å². The number of thiophene rings is 1. The van der Waals surface area contributed by atoms with Gasteiger partial charge in [-0.2, -0.15) is 4.31 Å². The second-order valence-electron chi connectivity index (χ2n) is 7.72. The molecule has 3 heterocycles. The van der Waals surface area contributed by atoms with Gasteiger partial charge in [-0.3, -0.25) is 0 Å². The average Bonchev–Trinajstić information content (AvgIpc) is 3.41. The summed E-state index contributed by atoms with van der Waals surface area (Å²) in [6.07, 6.45) is 0. The van der Waals surface area contributed by atoms with Crippen LogP contribution in [0.5, 0.6) is 5.75 Å². The zero-order chi connectivity index (χ0) is 23.6. The van der Waals surface area contributed by atoms with Crippen molar-refractivity contribution in [2.75, 3.05) is 23.7 Å². The number of nitrogens with zero attached hydrogens (tertiary/aromatic N) is 3. The van der Waals surface area contributed by atoms with Crippen LogP contribution < -0.4 is 10.6 Å². The summed E-state index contributed by atoms with van der Waals surface area (Å²) in [5.41, 5.74) is 1.25. The van der Waals surface area contributed by atoms with Crippen LogP contribution >= 0.6 is 11.3 Å². The van der Waals surface area contributed by atoms with E-state index < -0.39 is 10.0 Å². The third-order valence-electron chi connectivity index (χ3n) is 5.20. The van der Waals surface area contributed by atoms with Crippen molar-refractivity contribution in [3.63, 3.8) is 0 Å². The van der Waals surface area contributed by atoms with Crippen molar-refractivity contribution in [2.24, 2.45) is 5.92 Å². The van der Waals surface area contributed by atoms with Gasteiger partial charge in [0, 0.05) is 18.5 Å². The van der Waals surface area contributed by atoms with E-state index in [1.54, 1.807) is 13.8 Å². The Morgan fingerprint density at radius 3 is 2.41 bits per heavy atom. The molecule has 0 saturated carbocycles. The lowest BCUT2D eigenvalue weighted by atomic mass is 10.0. The van der Waals surface area contributed by atoms with Crippen molar-refractivity contribution in [1.82, 2.24) is 14.6 Å². The van der Waals surface area contributed by atoms with Gasteiger partial charge in [0.2, 0.25) is 11.6 Å². The Morgan fingerprint density at radius 1 is 1.19 bits per heavy atom. The number of aromatic hydroxyl groups is 1. The molecule has 3 aromatic rings. The first-order chi connectivity index (χ1) is 15.1. The molecule has 0 bridgehead atoms. The molecule has 0 fully saturated rings. The molecule has 0 aliphatic heterocycles. The topological polar surface area (TPSA) is 134 Å². The van der Waals surface area contributed by atoms with E-state index in [1.165, 1.54) is 9.69 Å². The van der Waals surface area contributed by atoms with Crippen molar-refractivity contribution in [2.45, 2.75) is 51.8 Å². The Hall–Kier alpha value is -2.57. The Balaban J connectivity index is 1.86. The summed E-state index contributed by atoms with van der Waals surface area (Å²) in [6.45, 7) is 12.1. The fourth-order valence-electron chi connectivity index (χ4n) is 3.25. The number of aromatic nitrogens is 2. The molecule has 3 N–H and O–H groups in total. The maximum absolute atomic E-state index is 12.8. The van der Waals surface area contributed by atoms with Crippen LogP contribution in [0, 0.1) is 19.8 Å². The molecular weight excluding hydrogens is 454 g/mol. The normalized spacial score (nSPS) is 13.1. The van der Waals surface area contributed by atoms with Crippen LogP contribution in [0.1, 0.15) is 50.8 Å². The van der Waals surface area contributed by atoms with Crippen molar-refractivity contribution in [1.29, 1.82) is 0 Å². The maximum atomic E-state index is 12.8. The largest absolute Gasteiger partial charge is 0.504 e. The fourth-order valence-corrected chi connectivity index (χ4v) is 6.08. The SMILES string of the molecule is CCN(CC)S(=O)(=O)c1scc(Nc2nonc2NC(c2cc(C)c(C)o2)C(C)C)c1O. The molecule has 3 aromatic heterocycles. The number of furan rings is 1. The van der Waals surface area contributed by atoms with E-state index in [4.69, 9.17) is 9.05 Å². The van der Waals surface area contributed by atoms with Crippen LogP contribution in [0.2, 0.25) is 0 Å². The van der Waals surface area contributed by atoms with Gasteiger partial charge in [0.25, 0.3) is 10.0 Å². The molecule has 32 heavy (non-hydrogen) atoms. The average molecular weight is 484 g/mol. The van der Waals surface area contributed by atoms with Gasteiger partial charge in [-0.1, -0.05) is 27.7 Å². The van der Waals surface area contributed by atoms with Crippen LogP contribution in [-0.2, 0) is 10.0 Å². The van der Waals surface area contributed by atoms with Crippen LogP contribution in [-0.4, -0.2) is 41.2 Å². The molecule has 176 valence electrons. The lowest BCUT2D eigenvalue weighted by Crippen LogP contribution is -2.30. The minimum absolute atomic E-state index is 0.128. The van der Waals surface area contributed by atoms with Gasteiger partial charge in [0.15, 0.2) is 9.96 Å². The molecule has 3 rings (SSSR count). The minimum Gasteiger partial charge on any atom is -0.504 e. The van der Waals surface area contributed by atoms with E-state index in [9.17, 15) is 13.5 Å². The van der Waals surface area contributed by atoms with Crippen LogP contribution in [0.15, 0.2) is 24.7 Å². The molecular formula is C20H29N5O5S2. The standard InChI is InChI=1S/C20H29N5O5S2/c1-7-25(8-2)32(27,28)20-17(26)14(10-31-20)21-18-19(24-30-23-18)22-16(11(3)4)15-9-12(5)13(6)29-15/h9-11,16,26H,7-8H2,1-6H3,(H,21,23)(H,22,24). The Kier molecular flexibility index (Phi) is 7.16. The van der Waals surface area contributed by atoms with E-state index in [2.05, 4.69) is 20.9 Å². The predicted molar refractivity (Wildman–Crippen MR) is 123 cm³/mol. The van der Waals surface area contributed by atoms with Crippen molar-refractivity contribution < 1.29 is 22.6 Å². The number of hydrogen-bond donors (Lipinski definition) is 3. The second kappa shape index (κ2) is 9.51. The number of nitrogens with one attached hydrogen (secondary N) is 2. The van der Waals surface area contributed by atoms with Crippen LogP contribution in [0.4, 0.5) is 17.3 Å². The van der Waals surface area contributed by atoms with Gasteiger partial charge in [0.1, 0.15) is 11.5 Å². The lowest BCUT2D eigenvalue weighted by Gasteiger charge is -2.20. The Bertz CT molecular complexity index is 1140. The lowest BCUT2D eigenvalue weighted by molar-refractivity contribution is 0.309. The zero-order valence-corrected chi connectivity index (χ0v) is 20.6. The minimum atomic E-state index is -3.79. The predicted octanol–water partition coefficient (Wildman–Crippen LogP) is 4.63. The number of rotatable bonds is 10. The molecule has 1 atom stereocenters. The summed E-state index contributed by atoms with van der Waals surface area (Å²) < 4.78 is 37.5. The first-order valence-corrected chi connectivity index (χ1v) is 12.7. The molecule has 0 aromatic carbocycles. The monoisotopic (exact) mass is 483 g/mol. The Morgan fingerprint density at radius 2 is 1.84 bits per heavy atom. The third-order valence-corrected chi connectivity index (χ3v) is 8.74. The summed E-state index contributed by atoms with van der Waals surface area (Å²) >= 11 is 0.934. The molecule has 0 saturated heterocycles. The molecule has 0 amide bonds. The molecule has 1 unspecified atom stereocenters. The van der Waals surface area contributed by atoms with Crippen LogP contribution in [0.25, 0.3) is 0 Å². The summed E-state index contributed by atoms with van der Waals surface area (Å²) in [7, 11) is -3.79. The molecule has 12 heteroatoms. The quantitative estimate of drug-likeness (QED) is 0.377. The highest BCUT2D eigenvalue weighted by atomic mass is 32.2. The van der Waals surface area contributed by atoms with Gasteiger partial charge >= 0.3 is 0 Å². The zero-order valence-electron chi connectivity index (χ0n) is 19.0. The number of aryl methyl sites for hydroxylation is 2. The fraction of sp³-hybridized carbons (Fsp3) is 0.500. The molecule has 0 aliphatic rings. The summed E-state index contributed by atoms with van der Waals surface area (Å²) in [5, 5.41) is 26.1. The van der Waals surface area contributed by atoms with E-state index in [-0.39, 0.29) is 33.4 Å². The highest BCUT2D eigenvalue weighted by molar-refractivity contribution is 7.91. The number of anilines is 3. The highest BCUT2D eigenvalue weighted by Crippen LogP contribution is 2.41. The Labute approximate surface area is 191 Å². The first kappa shape index (κ1) is 24.1. The van der Waals surface area contributed by atoms with Crippen molar-refractivity contribution in [3.8, 4) is 5.75 Å². The first-order valence-electron chi connectivity index (χ1n) is 10.3. The number of sulfonamides is 1. The maximum Gasteiger partial charge on any atom is 0.256 e. The van der Waals surface area contributed by atoms with Crippen molar-refractivity contribution >= 4 is 38.7 Å². The second-order valence-corrected chi connectivity index (χ2v) is 10.7. The number of hydrogen-bond acceptors (Lipinski definition) is 10. The van der Waals surface area contributed by atoms with Crippen LogP contribution in [0.3, 0.4) is 0 Å². The van der Waals surface area contributed by atoms with E-state index in [1.807, 2.05) is 33.8 Å². The van der Waals surface area contributed by atoms with Crippen molar-refractivity contribution in [3.05, 3.63) is 28.5 Å². The van der Waals surface area contributed by atoms with E-state index >= 15 is 0 Å². The molecule has 10 nitrogen and oxygen atoms in total. The summed E-state index contributed by atoms with van der Waals surface area (Å²) in [6, 6.07) is 1.77. The third kappa shape index (κ3) is 4.62. The van der Waals surface area contributed by atoms with Gasteiger partial charge in [-0.15, -0.1) is 11.3 Å². The smallest absolute Gasteiger partial charge is 0.256 e. The molecule has 0 spiro atoms. The molecule has 0 radical (unpaired) electrons. The van der Waals surface area contributed by atoms with Gasteiger partial charge in [-0.05, 0) is 41.7 Å².